The minimum Gasteiger partial charge on any atom is -0.506 e. The molecule has 1 N–H and O–H groups in total. The van der Waals surface area contributed by atoms with E-state index in [-0.39, 0.29) is 0 Å². The molecular weight excluding hydrogens is 454 g/mol. The van der Waals surface area contributed by atoms with Gasteiger partial charge in [-0.15, -0.1) is 0 Å². The van der Waals surface area contributed by atoms with Crippen LogP contribution < -0.4 is 4.74 Å². The first kappa shape index (κ1) is 13.9. The van der Waals surface area contributed by atoms with Gasteiger partial charge in [0, 0.05) is 0 Å². The van der Waals surface area contributed by atoms with Crippen LogP contribution in [-0.4, -0.2) is 5.11 Å². The number of hydrogen-bond acceptors (Lipinski definition) is 2. The largest absolute Gasteiger partial charge is 0.506 e. The summed E-state index contributed by atoms with van der Waals surface area (Å²) in [6, 6.07) is 11.7. The lowest BCUT2D eigenvalue weighted by Crippen LogP contribution is -1.88. The van der Waals surface area contributed by atoms with E-state index in [2.05, 4.69) is 64.2 Å². The van der Waals surface area contributed by atoms with E-state index in [0.717, 1.165) is 25.1 Å². The molecule has 0 bridgehead atoms. The summed E-state index contributed by atoms with van der Waals surface area (Å²) >= 11 is 4.19. The zero-order valence-electron chi connectivity index (χ0n) is 9.78. The zero-order chi connectivity index (χ0) is 13.1. The third-order valence-electron chi connectivity index (χ3n) is 2.56. The standard InChI is InChI=1S/C14H12I2O2/c1-2-9-3-5-10(6-4-9)18-11-7-12(15)14(17)13(16)8-11/h3-8,17H,2H2,1H3. The van der Waals surface area contributed by atoms with Crippen LogP contribution in [0.1, 0.15) is 12.5 Å². The van der Waals surface area contributed by atoms with Crippen molar-refractivity contribution in [3.8, 4) is 17.2 Å². The fourth-order valence-electron chi connectivity index (χ4n) is 1.53. The maximum atomic E-state index is 9.69. The topological polar surface area (TPSA) is 29.5 Å². The van der Waals surface area contributed by atoms with Crippen LogP contribution in [0.2, 0.25) is 0 Å². The Kier molecular flexibility index (Phi) is 4.71. The molecule has 0 amide bonds. The van der Waals surface area contributed by atoms with Crippen molar-refractivity contribution in [3.05, 3.63) is 49.1 Å². The van der Waals surface area contributed by atoms with E-state index in [1.54, 1.807) is 0 Å². The summed E-state index contributed by atoms with van der Waals surface area (Å²) in [5.41, 5.74) is 1.29. The smallest absolute Gasteiger partial charge is 0.142 e. The maximum Gasteiger partial charge on any atom is 0.142 e. The molecule has 0 aromatic heterocycles. The van der Waals surface area contributed by atoms with Gasteiger partial charge in [-0.25, -0.2) is 0 Å². The second kappa shape index (κ2) is 6.10. The number of phenolic OH excluding ortho intramolecular Hbond substituents is 1. The van der Waals surface area contributed by atoms with Crippen LogP contribution in [0.4, 0.5) is 0 Å². The lowest BCUT2D eigenvalue weighted by Gasteiger charge is -2.09. The van der Waals surface area contributed by atoms with Gasteiger partial charge in [-0.05, 0) is 81.4 Å². The third-order valence-corrected chi connectivity index (χ3v) is 4.20. The normalized spacial score (nSPS) is 10.4. The van der Waals surface area contributed by atoms with Gasteiger partial charge in [0.15, 0.2) is 0 Å². The highest BCUT2D eigenvalue weighted by Crippen LogP contribution is 2.32. The van der Waals surface area contributed by atoms with Gasteiger partial charge in [0.1, 0.15) is 17.2 Å². The van der Waals surface area contributed by atoms with Crippen LogP contribution in [0.25, 0.3) is 0 Å². The van der Waals surface area contributed by atoms with E-state index in [0.29, 0.717) is 5.75 Å². The van der Waals surface area contributed by atoms with Gasteiger partial charge in [-0.1, -0.05) is 19.1 Å². The first-order chi connectivity index (χ1) is 8.60. The monoisotopic (exact) mass is 466 g/mol. The Labute approximate surface area is 134 Å². The van der Waals surface area contributed by atoms with E-state index < -0.39 is 0 Å². The molecule has 2 rings (SSSR count). The van der Waals surface area contributed by atoms with Gasteiger partial charge in [0.05, 0.1) is 7.14 Å². The molecule has 0 spiro atoms. The summed E-state index contributed by atoms with van der Waals surface area (Å²) in [5, 5.41) is 9.69. The molecule has 18 heavy (non-hydrogen) atoms. The van der Waals surface area contributed by atoms with Gasteiger partial charge in [0.25, 0.3) is 0 Å². The molecule has 0 saturated heterocycles. The summed E-state index contributed by atoms with van der Waals surface area (Å²) in [4.78, 5) is 0. The second-order valence-electron chi connectivity index (χ2n) is 3.84. The summed E-state index contributed by atoms with van der Waals surface area (Å²) in [7, 11) is 0. The number of aryl methyl sites for hydroxylation is 1. The maximum absolute atomic E-state index is 9.69. The highest BCUT2D eigenvalue weighted by molar-refractivity contribution is 14.1. The van der Waals surface area contributed by atoms with E-state index >= 15 is 0 Å². The van der Waals surface area contributed by atoms with Gasteiger partial charge >= 0.3 is 0 Å². The van der Waals surface area contributed by atoms with Crippen LogP contribution in [0, 0.1) is 7.14 Å². The van der Waals surface area contributed by atoms with Crippen molar-refractivity contribution in [2.24, 2.45) is 0 Å². The average Bonchev–Trinajstić information content (AvgIpc) is 2.37. The Bertz CT molecular complexity index is 527. The SMILES string of the molecule is CCc1ccc(Oc2cc(I)c(O)c(I)c2)cc1. The minimum absolute atomic E-state index is 0.310. The number of rotatable bonds is 3. The van der Waals surface area contributed by atoms with Crippen molar-refractivity contribution in [3.63, 3.8) is 0 Å². The molecule has 0 atom stereocenters. The van der Waals surface area contributed by atoms with E-state index in [1.165, 1.54) is 5.56 Å². The fraction of sp³-hybridized carbons (Fsp3) is 0.143. The lowest BCUT2D eigenvalue weighted by atomic mass is 10.2. The first-order valence-electron chi connectivity index (χ1n) is 5.55. The molecule has 0 aliphatic rings. The van der Waals surface area contributed by atoms with Crippen LogP contribution in [0.3, 0.4) is 0 Å². The summed E-state index contributed by atoms with van der Waals surface area (Å²) in [5.74, 6) is 1.86. The molecule has 4 heteroatoms. The molecule has 2 aromatic carbocycles. The summed E-state index contributed by atoms with van der Waals surface area (Å²) in [6.07, 6.45) is 1.02. The Balaban J connectivity index is 2.23. The Morgan fingerprint density at radius 1 is 1.00 bits per heavy atom. The Morgan fingerprint density at radius 2 is 1.56 bits per heavy atom. The molecule has 0 fully saturated rings. The van der Waals surface area contributed by atoms with Crippen molar-refractivity contribution < 1.29 is 9.84 Å². The van der Waals surface area contributed by atoms with Crippen LogP contribution in [0.15, 0.2) is 36.4 Å². The number of hydrogen-bond donors (Lipinski definition) is 1. The Hall–Kier alpha value is -0.500. The summed E-state index contributed by atoms with van der Waals surface area (Å²) in [6.45, 7) is 2.13. The molecule has 0 aliphatic heterocycles. The molecule has 0 unspecified atom stereocenters. The number of halogens is 2. The van der Waals surface area contributed by atoms with Crippen molar-refractivity contribution in [1.82, 2.24) is 0 Å². The molecule has 94 valence electrons. The van der Waals surface area contributed by atoms with Crippen LogP contribution >= 0.6 is 45.2 Å². The highest BCUT2D eigenvalue weighted by atomic mass is 127. The zero-order valence-corrected chi connectivity index (χ0v) is 14.1. The number of benzene rings is 2. The van der Waals surface area contributed by atoms with Crippen LogP contribution in [-0.2, 0) is 6.42 Å². The van der Waals surface area contributed by atoms with Gasteiger partial charge in [-0.3, -0.25) is 0 Å². The molecule has 0 aliphatic carbocycles. The minimum atomic E-state index is 0.310. The predicted molar refractivity (Wildman–Crippen MR) is 89.4 cm³/mol. The lowest BCUT2D eigenvalue weighted by molar-refractivity contribution is 0.457. The number of aromatic hydroxyl groups is 1. The van der Waals surface area contributed by atoms with Crippen molar-refractivity contribution in [2.75, 3.05) is 0 Å². The average molecular weight is 466 g/mol. The van der Waals surface area contributed by atoms with Crippen molar-refractivity contribution in [2.45, 2.75) is 13.3 Å². The molecule has 0 radical (unpaired) electrons. The number of ether oxygens (including phenoxy) is 1. The first-order valence-corrected chi connectivity index (χ1v) is 7.70. The fourth-order valence-corrected chi connectivity index (χ4v) is 3.24. The van der Waals surface area contributed by atoms with E-state index in [4.69, 9.17) is 4.74 Å². The molecule has 0 heterocycles. The molecule has 2 nitrogen and oxygen atoms in total. The van der Waals surface area contributed by atoms with Crippen LogP contribution in [0.5, 0.6) is 17.2 Å². The molecular formula is C14H12I2O2. The number of phenols is 1. The Morgan fingerprint density at radius 3 is 2.06 bits per heavy atom. The van der Waals surface area contributed by atoms with E-state index in [9.17, 15) is 5.11 Å². The van der Waals surface area contributed by atoms with Gasteiger partial charge in [-0.2, -0.15) is 0 Å². The summed E-state index contributed by atoms with van der Waals surface area (Å²) < 4.78 is 7.36. The third kappa shape index (κ3) is 3.28. The van der Waals surface area contributed by atoms with Crippen molar-refractivity contribution in [1.29, 1.82) is 0 Å². The predicted octanol–water partition coefficient (Wildman–Crippen LogP) is 4.96. The highest BCUT2D eigenvalue weighted by Gasteiger charge is 2.07. The van der Waals surface area contributed by atoms with Crippen molar-refractivity contribution >= 4 is 45.2 Å². The van der Waals surface area contributed by atoms with Gasteiger partial charge in [0.2, 0.25) is 0 Å². The molecule has 2 aromatic rings. The second-order valence-corrected chi connectivity index (χ2v) is 6.16. The van der Waals surface area contributed by atoms with E-state index in [1.807, 2.05) is 24.3 Å². The van der Waals surface area contributed by atoms with Gasteiger partial charge < -0.3 is 9.84 Å². The quantitative estimate of drug-likeness (QED) is 0.649. The molecule has 0 saturated carbocycles.